The first kappa shape index (κ1) is 20.6. The van der Waals surface area contributed by atoms with Gasteiger partial charge in [0.1, 0.15) is 0 Å². The van der Waals surface area contributed by atoms with E-state index in [2.05, 4.69) is 26.2 Å². The second-order valence-corrected chi connectivity index (χ2v) is 5.69. The third kappa shape index (κ3) is 5.86. The summed E-state index contributed by atoms with van der Waals surface area (Å²) < 4.78 is 11.5. The molecule has 130 valence electrons. The summed E-state index contributed by atoms with van der Waals surface area (Å²) in [6.07, 6.45) is 0. The lowest BCUT2D eigenvalue weighted by atomic mass is 10.2. The van der Waals surface area contributed by atoms with Crippen LogP contribution in [0, 0.1) is 0 Å². The quantitative estimate of drug-likeness (QED) is 0.357. The summed E-state index contributed by atoms with van der Waals surface area (Å²) in [6, 6.07) is 13.7. The molecule has 2 aromatic rings. The number of guanidine groups is 1. The van der Waals surface area contributed by atoms with Gasteiger partial charge in [0.25, 0.3) is 0 Å². The summed E-state index contributed by atoms with van der Waals surface area (Å²) in [5.41, 5.74) is 8.03. The molecular formula is C17H21BrIN3O2. The Kier molecular flexibility index (Phi) is 8.91. The second kappa shape index (κ2) is 10.4. The van der Waals surface area contributed by atoms with Gasteiger partial charge in [-0.25, -0.2) is 4.99 Å². The van der Waals surface area contributed by atoms with Crippen LogP contribution in [0.1, 0.15) is 11.1 Å². The summed E-state index contributed by atoms with van der Waals surface area (Å²) in [7, 11) is 3.22. The first-order valence-corrected chi connectivity index (χ1v) is 7.91. The van der Waals surface area contributed by atoms with Crippen molar-refractivity contribution in [2.24, 2.45) is 10.7 Å². The zero-order chi connectivity index (χ0) is 16.7. The molecule has 0 atom stereocenters. The monoisotopic (exact) mass is 505 g/mol. The van der Waals surface area contributed by atoms with Crippen LogP contribution in [-0.4, -0.2) is 20.2 Å². The molecule has 0 bridgehead atoms. The Morgan fingerprint density at radius 2 is 1.83 bits per heavy atom. The van der Waals surface area contributed by atoms with Crippen molar-refractivity contribution in [3.63, 3.8) is 0 Å². The molecule has 0 unspecified atom stereocenters. The number of aliphatic imine (C=N–C) groups is 1. The Morgan fingerprint density at radius 3 is 2.50 bits per heavy atom. The minimum atomic E-state index is 0. The summed E-state index contributed by atoms with van der Waals surface area (Å²) in [5, 5.41) is 3.10. The van der Waals surface area contributed by atoms with Crippen LogP contribution >= 0.6 is 39.9 Å². The number of ether oxygens (including phenoxy) is 2. The number of halogens is 2. The molecule has 0 amide bonds. The number of nitrogens with zero attached hydrogens (tertiary/aromatic N) is 1. The average molecular weight is 506 g/mol. The van der Waals surface area contributed by atoms with Crippen molar-refractivity contribution in [2.75, 3.05) is 14.2 Å². The summed E-state index contributed by atoms with van der Waals surface area (Å²) in [4.78, 5) is 4.34. The Hall–Kier alpha value is -1.48. The van der Waals surface area contributed by atoms with E-state index < -0.39 is 0 Å². The third-order valence-corrected chi connectivity index (χ3v) is 4.07. The fraction of sp³-hybridized carbons (Fsp3) is 0.235. The van der Waals surface area contributed by atoms with Gasteiger partial charge in [-0.1, -0.05) is 40.2 Å². The molecule has 0 aliphatic heterocycles. The number of hydrogen-bond donors (Lipinski definition) is 2. The average Bonchev–Trinajstić information content (AvgIpc) is 2.58. The molecule has 0 saturated heterocycles. The van der Waals surface area contributed by atoms with Gasteiger partial charge in [0.2, 0.25) is 0 Å². The number of nitrogens with two attached hydrogens (primary N) is 1. The molecule has 2 rings (SSSR count). The summed E-state index contributed by atoms with van der Waals surface area (Å²) in [5.74, 6) is 1.77. The SMILES string of the molecule is COc1ccc(CN=C(N)NCc2ccccc2Br)cc1OC.I. The van der Waals surface area contributed by atoms with Crippen molar-refractivity contribution in [1.82, 2.24) is 5.32 Å². The first-order valence-electron chi connectivity index (χ1n) is 7.12. The standard InChI is InChI=1S/C17H20BrN3O2.HI/c1-22-15-8-7-12(9-16(15)23-2)10-20-17(19)21-11-13-5-3-4-6-14(13)18;/h3-9H,10-11H2,1-2H3,(H3,19,20,21);1H. The lowest BCUT2D eigenvalue weighted by Gasteiger charge is -2.09. The second-order valence-electron chi connectivity index (χ2n) is 4.84. The lowest BCUT2D eigenvalue weighted by molar-refractivity contribution is 0.354. The van der Waals surface area contributed by atoms with Crippen LogP contribution < -0.4 is 20.5 Å². The zero-order valence-electron chi connectivity index (χ0n) is 13.6. The Bertz CT molecular complexity index is 695. The number of hydrogen-bond acceptors (Lipinski definition) is 3. The molecule has 0 spiro atoms. The van der Waals surface area contributed by atoms with Crippen LogP contribution in [0.3, 0.4) is 0 Å². The van der Waals surface area contributed by atoms with Crippen LogP contribution in [-0.2, 0) is 13.1 Å². The van der Waals surface area contributed by atoms with Crippen LogP contribution in [0.4, 0.5) is 0 Å². The van der Waals surface area contributed by atoms with Gasteiger partial charge in [0.15, 0.2) is 17.5 Å². The van der Waals surface area contributed by atoms with Gasteiger partial charge in [-0.2, -0.15) is 0 Å². The van der Waals surface area contributed by atoms with Crippen LogP contribution in [0.15, 0.2) is 51.9 Å². The van der Waals surface area contributed by atoms with Crippen LogP contribution in [0.2, 0.25) is 0 Å². The van der Waals surface area contributed by atoms with E-state index in [9.17, 15) is 0 Å². The molecule has 0 aromatic heterocycles. The van der Waals surface area contributed by atoms with E-state index in [1.54, 1.807) is 14.2 Å². The predicted molar refractivity (Wildman–Crippen MR) is 111 cm³/mol. The molecule has 0 aliphatic carbocycles. The highest BCUT2D eigenvalue weighted by atomic mass is 127. The molecular weight excluding hydrogens is 485 g/mol. The molecule has 0 aliphatic rings. The molecule has 0 fully saturated rings. The van der Waals surface area contributed by atoms with E-state index in [-0.39, 0.29) is 24.0 Å². The van der Waals surface area contributed by atoms with Gasteiger partial charge >= 0.3 is 0 Å². The van der Waals surface area contributed by atoms with Gasteiger partial charge in [-0.15, -0.1) is 24.0 Å². The van der Waals surface area contributed by atoms with E-state index in [1.165, 1.54) is 0 Å². The highest BCUT2D eigenvalue weighted by Gasteiger charge is 2.04. The minimum Gasteiger partial charge on any atom is -0.493 e. The smallest absolute Gasteiger partial charge is 0.189 e. The van der Waals surface area contributed by atoms with E-state index in [0.717, 1.165) is 15.6 Å². The fourth-order valence-corrected chi connectivity index (χ4v) is 2.46. The summed E-state index contributed by atoms with van der Waals surface area (Å²) in [6.45, 7) is 1.08. The molecule has 0 saturated carbocycles. The minimum absolute atomic E-state index is 0. The van der Waals surface area contributed by atoms with Crippen LogP contribution in [0.5, 0.6) is 11.5 Å². The normalized spacial score (nSPS) is 10.7. The van der Waals surface area contributed by atoms with E-state index in [4.69, 9.17) is 15.2 Å². The van der Waals surface area contributed by atoms with E-state index in [0.29, 0.717) is 30.5 Å². The Morgan fingerprint density at radius 1 is 1.12 bits per heavy atom. The topological polar surface area (TPSA) is 68.9 Å². The van der Waals surface area contributed by atoms with Crippen molar-refractivity contribution >= 4 is 45.9 Å². The van der Waals surface area contributed by atoms with Crippen molar-refractivity contribution in [3.8, 4) is 11.5 Å². The lowest BCUT2D eigenvalue weighted by Crippen LogP contribution is -2.31. The Labute approximate surface area is 167 Å². The number of methoxy groups -OCH3 is 2. The molecule has 7 heteroatoms. The van der Waals surface area contributed by atoms with E-state index >= 15 is 0 Å². The summed E-state index contributed by atoms with van der Waals surface area (Å²) >= 11 is 3.51. The fourth-order valence-electron chi connectivity index (χ4n) is 2.04. The molecule has 3 N–H and O–H groups in total. The van der Waals surface area contributed by atoms with Crippen molar-refractivity contribution in [3.05, 3.63) is 58.1 Å². The van der Waals surface area contributed by atoms with Crippen molar-refractivity contribution < 1.29 is 9.47 Å². The maximum Gasteiger partial charge on any atom is 0.189 e. The molecule has 2 aromatic carbocycles. The first-order chi connectivity index (χ1) is 11.1. The van der Waals surface area contributed by atoms with Gasteiger partial charge in [0, 0.05) is 11.0 Å². The van der Waals surface area contributed by atoms with E-state index in [1.807, 2.05) is 42.5 Å². The van der Waals surface area contributed by atoms with Crippen molar-refractivity contribution in [1.29, 1.82) is 0 Å². The van der Waals surface area contributed by atoms with Crippen LogP contribution in [0.25, 0.3) is 0 Å². The number of benzene rings is 2. The number of nitrogens with one attached hydrogen (secondary N) is 1. The molecule has 24 heavy (non-hydrogen) atoms. The van der Waals surface area contributed by atoms with Gasteiger partial charge in [-0.3, -0.25) is 0 Å². The predicted octanol–water partition coefficient (Wildman–Crippen LogP) is 3.69. The highest BCUT2D eigenvalue weighted by molar-refractivity contribution is 14.0. The maximum absolute atomic E-state index is 5.91. The molecule has 0 heterocycles. The van der Waals surface area contributed by atoms with Gasteiger partial charge < -0.3 is 20.5 Å². The Balaban J connectivity index is 0.00000288. The zero-order valence-corrected chi connectivity index (χ0v) is 17.5. The highest BCUT2D eigenvalue weighted by Crippen LogP contribution is 2.27. The number of rotatable bonds is 6. The molecule has 0 radical (unpaired) electrons. The molecule has 5 nitrogen and oxygen atoms in total. The third-order valence-electron chi connectivity index (χ3n) is 3.30. The van der Waals surface area contributed by atoms with Gasteiger partial charge in [0.05, 0.1) is 20.8 Å². The van der Waals surface area contributed by atoms with Gasteiger partial charge in [-0.05, 0) is 29.3 Å². The maximum atomic E-state index is 5.91. The largest absolute Gasteiger partial charge is 0.493 e. The van der Waals surface area contributed by atoms with Crippen molar-refractivity contribution in [2.45, 2.75) is 13.1 Å².